The molecule has 0 aliphatic carbocycles. The molecule has 1 atom stereocenters. The highest BCUT2D eigenvalue weighted by Crippen LogP contribution is 2.24. The SMILES string of the molecule is O[C@H](CNc1nn2cc(-c3ccccc3)nc2s1)c1ccccc1. The van der Waals surface area contributed by atoms with Crippen LogP contribution in [0.1, 0.15) is 11.7 Å². The fraction of sp³-hybridized carbons (Fsp3) is 0.111. The van der Waals surface area contributed by atoms with Crippen molar-refractivity contribution in [3.63, 3.8) is 0 Å². The van der Waals surface area contributed by atoms with E-state index >= 15 is 0 Å². The minimum atomic E-state index is -0.567. The van der Waals surface area contributed by atoms with Gasteiger partial charge in [-0.1, -0.05) is 72.0 Å². The standard InChI is InChI=1S/C18H16N4OS/c23-16(14-9-5-2-6-10-14)11-19-17-21-22-12-15(20-18(22)24-17)13-7-3-1-4-8-13/h1-10,12,16,23H,11H2,(H,19,21)/t16-/m1/s1. The third-order valence-corrected chi connectivity index (χ3v) is 4.62. The first kappa shape index (κ1) is 14.9. The van der Waals surface area contributed by atoms with Crippen LogP contribution in [0.2, 0.25) is 0 Å². The molecule has 5 nitrogen and oxygen atoms in total. The van der Waals surface area contributed by atoms with Crippen LogP contribution in [0, 0.1) is 0 Å². The Morgan fingerprint density at radius 2 is 1.75 bits per heavy atom. The van der Waals surface area contributed by atoms with E-state index in [0.717, 1.165) is 26.9 Å². The number of aliphatic hydroxyl groups is 1. The third kappa shape index (κ3) is 3.02. The summed E-state index contributed by atoms with van der Waals surface area (Å²) >= 11 is 1.47. The number of rotatable bonds is 5. The molecule has 4 rings (SSSR count). The van der Waals surface area contributed by atoms with Crippen LogP contribution in [-0.4, -0.2) is 26.2 Å². The van der Waals surface area contributed by atoms with E-state index in [1.54, 1.807) is 4.52 Å². The Morgan fingerprint density at radius 1 is 1.04 bits per heavy atom. The molecule has 0 radical (unpaired) electrons. The Labute approximate surface area is 143 Å². The van der Waals surface area contributed by atoms with Gasteiger partial charge in [-0.2, -0.15) is 0 Å². The van der Waals surface area contributed by atoms with E-state index in [1.165, 1.54) is 11.3 Å². The van der Waals surface area contributed by atoms with Crippen LogP contribution < -0.4 is 5.32 Å². The van der Waals surface area contributed by atoms with Gasteiger partial charge in [-0.05, 0) is 5.56 Å². The molecule has 0 aliphatic rings. The van der Waals surface area contributed by atoms with Crippen LogP contribution in [0.5, 0.6) is 0 Å². The van der Waals surface area contributed by atoms with Crippen molar-refractivity contribution in [1.82, 2.24) is 14.6 Å². The quantitative estimate of drug-likeness (QED) is 0.584. The Kier molecular flexibility index (Phi) is 3.98. The fourth-order valence-electron chi connectivity index (χ4n) is 2.50. The highest BCUT2D eigenvalue weighted by molar-refractivity contribution is 7.20. The first-order valence-corrected chi connectivity index (χ1v) is 8.50. The molecule has 0 saturated heterocycles. The molecule has 2 N–H and O–H groups in total. The predicted molar refractivity (Wildman–Crippen MR) is 96.2 cm³/mol. The van der Waals surface area contributed by atoms with Crippen molar-refractivity contribution in [2.75, 3.05) is 11.9 Å². The summed E-state index contributed by atoms with van der Waals surface area (Å²) < 4.78 is 1.77. The maximum absolute atomic E-state index is 10.2. The number of nitrogens with zero attached hydrogens (tertiary/aromatic N) is 3. The molecule has 6 heteroatoms. The van der Waals surface area contributed by atoms with Crippen molar-refractivity contribution in [3.05, 3.63) is 72.4 Å². The number of aliphatic hydroxyl groups excluding tert-OH is 1. The largest absolute Gasteiger partial charge is 0.387 e. The second-order valence-corrected chi connectivity index (χ2v) is 6.39. The summed E-state index contributed by atoms with van der Waals surface area (Å²) in [4.78, 5) is 5.43. The predicted octanol–water partition coefficient (Wildman–Crippen LogP) is 3.60. The molecule has 0 fully saturated rings. The zero-order valence-corrected chi connectivity index (χ0v) is 13.6. The number of hydrogen-bond acceptors (Lipinski definition) is 5. The third-order valence-electron chi connectivity index (χ3n) is 3.74. The molecule has 2 aromatic heterocycles. The van der Waals surface area contributed by atoms with E-state index in [2.05, 4.69) is 15.4 Å². The summed E-state index contributed by atoms with van der Waals surface area (Å²) in [7, 11) is 0. The molecule has 4 aromatic rings. The van der Waals surface area contributed by atoms with Gasteiger partial charge in [0, 0.05) is 12.1 Å². The molecule has 120 valence electrons. The summed E-state index contributed by atoms with van der Waals surface area (Å²) in [5.41, 5.74) is 2.87. The van der Waals surface area contributed by atoms with E-state index in [9.17, 15) is 5.11 Å². The van der Waals surface area contributed by atoms with Gasteiger partial charge in [-0.3, -0.25) is 0 Å². The van der Waals surface area contributed by atoms with E-state index < -0.39 is 6.10 Å². The number of fused-ring (bicyclic) bond motifs is 1. The van der Waals surface area contributed by atoms with Crippen LogP contribution in [-0.2, 0) is 0 Å². The molecule has 0 saturated carbocycles. The molecule has 0 amide bonds. The van der Waals surface area contributed by atoms with Gasteiger partial charge in [0.15, 0.2) is 0 Å². The average Bonchev–Trinajstić information content (AvgIpc) is 3.20. The minimum absolute atomic E-state index is 0.409. The van der Waals surface area contributed by atoms with Crippen LogP contribution in [0.4, 0.5) is 5.13 Å². The van der Waals surface area contributed by atoms with Crippen LogP contribution in [0.15, 0.2) is 66.9 Å². The molecule has 0 unspecified atom stereocenters. The number of aromatic nitrogens is 3. The van der Waals surface area contributed by atoms with Gasteiger partial charge in [0.2, 0.25) is 10.1 Å². The fourth-order valence-corrected chi connectivity index (χ4v) is 3.28. The van der Waals surface area contributed by atoms with Crippen molar-refractivity contribution in [2.24, 2.45) is 0 Å². The second kappa shape index (κ2) is 6.43. The minimum Gasteiger partial charge on any atom is -0.387 e. The zero-order chi connectivity index (χ0) is 16.4. The summed E-state index contributed by atoms with van der Waals surface area (Å²) in [5.74, 6) is 0. The highest BCUT2D eigenvalue weighted by Gasteiger charge is 2.11. The second-order valence-electron chi connectivity index (χ2n) is 5.43. The maximum Gasteiger partial charge on any atom is 0.214 e. The average molecular weight is 336 g/mol. The number of anilines is 1. The van der Waals surface area contributed by atoms with Crippen molar-refractivity contribution in [2.45, 2.75) is 6.10 Å². The van der Waals surface area contributed by atoms with E-state index in [0.29, 0.717) is 6.54 Å². The molecular formula is C18H16N4OS. The number of benzene rings is 2. The Balaban J connectivity index is 1.47. The smallest absolute Gasteiger partial charge is 0.214 e. The Hall–Kier alpha value is -2.70. The van der Waals surface area contributed by atoms with Crippen molar-refractivity contribution in [1.29, 1.82) is 0 Å². The van der Waals surface area contributed by atoms with Crippen LogP contribution in [0.3, 0.4) is 0 Å². The monoisotopic (exact) mass is 336 g/mol. The van der Waals surface area contributed by atoms with E-state index in [4.69, 9.17) is 0 Å². The first-order chi connectivity index (χ1) is 11.8. The number of hydrogen-bond donors (Lipinski definition) is 2. The molecule has 2 aromatic carbocycles. The lowest BCUT2D eigenvalue weighted by Gasteiger charge is -2.10. The number of imidazole rings is 1. The lowest BCUT2D eigenvalue weighted by atomic mass is 10.1. The van der Waals surface area contributed by atoms with Crippen molar-refractivity contribution >= 4 is 21.4 Å². The highest BCUT2D eigenvalue weighted by atomic mass is 32.1. The maximum atomic E-state index is 10.2. The summed E-state index contributed by atoms with van der Waals surface area (Å²) in [6, 6.07) is 19.6. The van der Waals surface area contributed by atoms with Crippen molar-refractivity contribution in [3.8, 4) is 11.3 Å². The van der Waals surface area contributed by atoms with Gasteiger partial charge in [-0.25, -0.2) is 9.50 Å². The number of nitrogens with one attached hydrogen (secondary N) is 1. The molecule has 24 heavy (non-hydrogen) atoms. The van der Waals surface area contributed by atoms with E-state index in [1.807, 2.05) is 66.9 Å². The van der Waals surface area contributed by atoms with E-state index in [-0.39, 0.29) is 0 Å². The molecule has 0 bridgehead atoms. The molecular weight excluding hydrogens is 320 g/mol. The lowest BCUT2D eigenvalue weighted by Crippen LogP contribution is -2.12. The van der Waals surface area contributed by atoms with Gasteiger partial charge < -0.3 is 10.4 Å². The van der Waals surface area contributed by atoms with Gasteiger partial charge in [-0.15, -0.1) is 5.10 Å². The zero-order valence-electron chi connectivity index (χ0n) is 12.8. The first-order valence-electron chi connectivity index (χ1n) is 7.68. The summed E-state index contributed by atoms with van der Waals surface area (Å²) in [5, 5.41) is 18.6. The van der Waals surface area contributed by atoms with Gasteiger partial charge >= 0.3 is 0 Å². The van der Waals surface area contributed by atoms with Crippen LogP contribution >= 0.6 is 11.3 Å². The van der Waals surface area contributed by atoms with Gasteiger partial charge in [0.25, 0.3) is 0 Å². The Morgan fingerprint density at radius 3 is 2.46 bits per heavy atom. The van der Waals surface area contributed by atoms with Crippen LogP contribution in [0.25, 0.3) is 16.2 Å². The Bertz CT molecular complexity index is 902. The lowest BCUT2D eigenvalue weighted by molar-refractivity contribution is 0.191. The van der Waals surface area contributed by atoms with Gasteiger partial charge in [0.05, 0.1) is 18.0 Å². The summed E-state index contributed by atoms with van der Waals surface area (Å²) in [6.45, 7) is 0.409. The summed E-state index contributed by atoms with van der Waals surface area (Å²) in [6.07, 6.45) is 1.35. The molecule has 0 aliphatic heterocycles. The van der Waals surface area contributed by atoms with Gasteiger partial charge in [0.1, 0.15) is 0 Å². The normalized spacial score (nSPS) is 12.4. The molecule has 2 heterocycles. The van der Waals surface area contributed by atoms with Crippen molar-refractivity contribution < 1.29 is 5.11 Å². The molecule has 0 spiro atoms. The topological polar surface area (TPSA) is 62.5 Å².